The number of sulfonamides is 1. The zero-order valence-corrected chi connectivity index (χ0v) is 25.4. The minimum atomic E-state index is -3.50. The number of nitrogens with two attached hydrogens (primary N) is 1. The van der Waals surface area contributed by atoms with E-state index in [2.05, 4.69) is 10.2 Å². The third-order valence-corrected chi connectivity index (χ3v) is 11.1. The van der Waals surface area contributed by atoms with Crippen molar-refractivity contribution in [3.8, 4) is 0 Å². The fourth-order valence-corrected chi connectivity index (χ4v) is 8.08. The summed E-state index contributed by atoms with van der Waals surface area (Å²) in [4.78, 5) is 25.9. The third-order valence-electron chi connectivity index (χ3n) is 7.39. The Morgan fingerprint density at radius 1 is 0.878 bits per heavy atom. The van der Waals surface area contributed by atoms with Crippen molar-refractivity contribution in [1.29, 1.82) is 0 Å². The number of hydrogen-bond acceptors (Lipinski definition) is 6. The number of thiophene rings is 1. The van der Waals surface area contributed by atoms with Gasteiger partial charge in [0.2, 0.25) is 5.91 Å². The van der Waals surface area contributed by atoms with Gasteiger partial charge in [-0.05, 0) is 67.3 Å². The van der Waals surface area contributed by atoms with Gasteiger partial charge in [-0.2, -0.15) is 4.31 Å². The number of primary amides is 1. The number of piperazine rings is 1. The van der Waals surface area contributed by atoms with Crippen molar-refractivity contribution in [3.63, 3.8) is 0 Å². The van der Waals surface area contributed by atoms with Gasteiger partial charge in [0.1, 0.15) is 4.21 Å². The summed E-state index contributed by atoms with van der Waals surface area (Å²) >= 11 is 7.08. The average molecular weight is 617 g/mol. The van der Waals surface area contributed by atoms with E-state index >= 15 is 0 Å². The highest BCUT2D eigenvalue weighted by atomic mass is 35.5. The van der Waals surface area contributed by atoms with Crippen molar-refractivity contribution >= 4 is 44.8 Å². The Kier molecular flexibility index (Phi) is 11.4. The molecule has 2 heterocycles. The molecule has 3 aromatic rings. The summed E-state index contributed by atoms with van der Waals surface area (Å²) in [7, 11) is -3.50. The quantitative estimate of drug-likeness (QED) is 0.370. The zero-order chi connectivity index (χ0) is 29.2. The summed E-state index contributed by atoms with van der Waals surface area (Å²) in [5, 5.41) is 3.41. The minimum absolute atomic E-state index is 0.214. The predicted molar refractivity (Wildman–Crippen MR) is 164 cm³/mol. The molecule has 8 nitrogen and oxygen atoms in total. The first-order valence-electron chi connectivity index (χ1n) is 13.9. The Labute approximate surface area is 251 Å². The number of halogens is 1. The number of amides is 2. The summed E-state index contributed by atoms with van der Waals surface area (Å²) < 4.78 is 28.2. The van der Waals surface area contributed by atoms with Gasteiger partial charge in [-0.25, -0.2) is 8.42 Å². The molecule has 11 heteroatoms. The maximum atomic E-state index is 13.1. The Morgan fingerprint density at radius 3 is 2.15 bits per heavy atom. The van der Waals surface area contributed by atoms with Crippen LogP contribution in [0.4, 0.5) is 0 Å². The number of nitrogens with one attached hydrogen (secondary N) is 1. The van der Waals surface area contributed by atoms with Crippen LogP contribution in [0.3, 0.4) is 0 Å². The summed E-state index contributed by atoms with van der Waals surface area (Å²) in [5.74, 6) is 0.180. The molecule has 2 aromatic carbocycles. The molecule has 1 aliphatic carbocycles. The van der Waals surface area contributed by atoms with E-state index in [1.54, 1.807) is 65.0 Å². The Balaban J connectivity index is 0.000000367. The van der Waals surface area contributed by atoms with Crippen LogP contribution in [0.25, 0.3) is 0 Å². The molecule has 2 fully saturated rings. The Morgan fingerprint density at radius 2 is 1.54 bits per heavy atom. The second-order valence-corrected chi connectivity index (χ2v) is 14.1. The lowest BCUT2D eigenvalue weighted by Gasteiger charge is -2.36. The molecule has 2 aliphatic rings. The van der Waals surface area contributed by atoms with Crippen molar-refractivity contribution in [2.24, 2.45) is 11.7 Å². The number of benzene rings is 2. The van der Waals surface area contributed by atoms with E-state index in [4.69, 9.17) is 17.3 Å². The highest BCUT2D eigenvalue weighted by Gasteiger charge is 2.30. The Hall–Kier alpha value is -2.76. The Bertz CT molecular complexity index is 1380. The molecule has 1 saturated heterocycles. The van der Waals surface area contributed by atoms with E-state index in [9.17, 15) is 18.0 Å². The van der Waals surface area contributed by atoms with Crippen molar-refractivity contribution in [3.05, 3.63) is 87.8 Å². The molecule has 41 heavy (non-hydrogen) atoms. The first kappa shape index (κ1) is 31.2. The van der Waals surface area contributed by atoms with Gasteiger partial charge >= 0.3 is 0 Å². The maximum absolute atomic E-state index is 13.1. The second kappa shape index (κ2) is 14.9. The van der Waals surface area contributed by atoms with Crippen LogP contribution < -0.4 is 11.1 Å². The van der Waals surface area contributed by atoms with E-state index in [1.807, 2.05) is 6.07 Å². The van der Waals surface area contributed by atoms with E-state index in [0.29, 0.717) is 33.4 Å². The summed E-state index contributed by atoms with van der Waals surface area (Å²) in [5.41, 5.74) is 6.05. The zero-order valence-electron chi connectivity index (χ0n) is 23.0. The number of nitrogens with zero attached hydrogens (tertiary/aromatic N) is 2. The smallest absolute Gasteiger partial charge is 0.252 e. The molecule has 1 aliphatic heterocycles. The normalized spacial score (nSPS) is 16.9. The molecule has 0 radical (unpaired) electrons. The SMILES string of the molecule is NC(=O)c1ccccc1.O=C(NCc1ccc(S(=O)(=O)N2CCN(CC3CCCCC3)CC2)s1)c1ccc(Cl)cc1. The lowest BCUT2D eigenvalue weighted by Crippen LogP contribution is -2.49. The van der Waals surface area contributed by atoms with Crippen molar-refractivity contribution in [1.82, 2.24) is 14.5 Å². The largest absolute Gasteiger partial charge is 0.366 e. The van der Waals surface area contributed by atoms with Crippen LogP contribution >= 0.6 is 22.9 Å². The van der Waals surface area contributed by atoms with Crippen LogP contribution in [0, 0.1) is 5.92 Å². The van der Waals surface area contributed by atoms with Gasteiger partial charge in [0, 0.05) is 53.8 Å². The lowest BCUT2D eigenvalue weighted by atomic mass is 9.89. The molecule has 5 rings (SSSR count). The van der Waals surface area contributed by atoms with Crippen LogP contribution in [-0.4, -0.2) is 62.2 Å². The highest BCUT2D eigenvalue weighted by molar-refractivity contribution is 7.91. The van der Waals surface area contributed by atoms with Gasteiger partial charge in [-0.1, -0.05) is 49.1 Å². The standard InChI is InChI=1S/C23H30ClN3O3S2.C7H7NO/c24-20-8-6-19(7-9-20)23(28)25-16-21-10-11-22(31-21)32(29,30)27-14-12-26(13-15-27)17-18-4-2-1-3-5-18;8-7(9)6-4-2-1-3-5-6/h6-11,18H,1-5,12-17H2,(H,25,28);1-5H,(H2,8,9). The molecule has 0 atom stereocenters. The topological polar surface area (TPSA) is 113 Å². The molecule has 1 aromatic heterocycles. The molecule has 0 bridgehead atoms. The van der Waals surface area contributed by atoms with Crippen molar-refractivity contribution in [2.75, 3.05) is 32.7 Å². The summed E-state index contributed by atoms with van der Waals surface area (Å²) in [6.07, 6.45) is 6.64. The molecule has 3 N–H and O–H groups in total. The van der Waals surface area contributed by atoms with Crippen molar-refractivity contribution < 1.29 is 18.0 Å². The summed E-state index contributed by atoms with van der Waals surface area (Å²) in [6, 6.07) is 18.8. The molecule has 0 spiro atoms. The van der Waals surface area contributed by atoms with Gasteiger partial charge in [0.15, 0.2) is 0 Å². The molecular formula is C30H37ClN4O4S2. The number of rotatable bonds is 8. The number of carbonyl (C=O) groups excluding carboxylic acids is 2. The first-order chi connectivity index (χ1) is 19.7. The van der Waals surface area contributed by atoms with E-state index in [-0.39, 0.29) is 18.4 Å². The summed E-state index contributed by atoms with van der Waals surface area (Å²) in [6.45, 7) is 4.06. The fourth-order valence-electron chi connectivity index (χ4n) is 5.08. The molecule has 0 unspecified atom stereocenters. The van der Waals surface area contributed by atoms with Crippen LogP contribution in [0.2, 0.25) is 5.02 Å². The fraction of sp³-hybridized carbons (Fsp3) is 0.400. The van der Waals surface area contributed by atoms with Crippen molar-refractivity contribution in [2.45, 2.75) is 42.9 Å². The van der Waals surface area contributed by atoms with Crippen LogP contribution in [0.5, 0.6) is 0 Å². The maximum Gasteiger partial charge on any atom is 0.252 e. The first-order valence-corrected chi connectivity index (χ1v) is 16.6. The average Bonchev–Trinajstić information content (AvgIpc) is 3.48. The molecular weight excluding hydrogens is 580 g/mol. The van der Waals surface area contributed by atoms with Gasteiger partial charge in [0.05, 0.1) is 6.54 Å². The highest BCUT2D eigenvalue weighted by Crippen LogP contribution is 2.28. The third kappa shape index (κ3) is 9.11. The van der Waals surface area contributed by atoms with E-state index in [0.717, 1.165) is 30.4 Å². The molecule has 2 amide bonds. The minimum Gasteiger partial charge on any atom is -0.366 e. The monoisotopic (exact) mass is 616 g/mol. The van der Waals surface area contributed by atoms with Gasteiger partial charge in [0.25, 0.3) is 15.9 Å². The molecule has 1 saturated carbocycles. The predicted octanol–water partition coefficient (Wildman–Crippen LogP) is 5.00. The molecule has 220 valence electrons. The van der Waals surface area contributed by atoms with Gasteiger partial charge in [-0.15, -0.1) is 11.3 Å². The number of carbonyl (C=O) groups is 2. The van der Waals surface area contributed by atoms with Gasteiger partial charge in [-0.3, -0.25) is 9.59 Å². The lowest BCUT2D eigenvalue weighted by molar-refractivity contribution is 0.0950. The second-order valence-electron chi connectivity index (χ2n) is 10.3. The van der Waals surface area contributed by atoms with Gasteiger partial charge < -0.3 is 16.0 Å². The van der Waals surface area contributed by atoms with E-state index in [1.165, 1.54) is 43.4 Å². The van der Waals surface area contributed by atoms with Crippen LogP contribution in [0.15, 0.2) is 70.9 Å². The van der Waals surface area contributed by atoms with Crippen LogP contribution in [0.1, 0.15) is 57.7 Å². The number of hydrogen-bond donors (Lipinski definition) is 2. The van der Waals surface area contributed by atoms with Crippen LogP contribution in [-0.2, 0) is 16.6 Å². The van der Waals surface area contributed by atoms with E-state index < -0.39 is 10.0 Å².